The van der Waals surface area contributed by atoms with Crippen LogP contribution < -0.4 is 10.0 Å². The molecule has 0 aliphatic rings. The first-order valence-electron chi connectivity index (χ1n) is 9.70. The van der Waals surface area contributed by atoms with E-state index in [4.69, 9.17) is 0 Å². The number of anilines is 1. The molecule has 2 amide bonds. The number of ketones is 1. The lowest BCUT2D eigenvalue weighted by Crippen LogP contribution is -2.35. The molecular formula is C21H28N4O4S. The van der Waals surface area contributed by atoms with Crippen LogP contribution in [0.15, 0.2) is 29.3 Å². The monoisotopic (exact) mass is 432 g/mol. The minimum Gasteiger partial charge on any atom is -0.307 e. The summed E-state index contributed by atoms with van der Waals surface area (Å²) >= 11 is 0. The van der Waals surface area contributed by atoms with Gasteiger partial charge in [0.1, 0.15) is 10.7 Å². The van der Waals surface area contributed by atoms with Gasteiger partial charge in [0, 0.05) is 5.69 Å². The predicted molar refractivity (Wildman–Crippen MR) is 115 cm³/mol. The topological polar surface area (TPSA) is 118 Å². The van der Waals surface area contributed by atoms with Crippen LogP contribution in [0.1, 0.15) is 68.8 Å². The van der Waals surface area contributed by atoms with E-state index in [0.717, 1.165) is 22.9 Å². The molecule has 0 aliphatic carbocycles. The van der Waals surface area contributed by atoms with Crippen molar-refractivity contribution in [3.05, 3.63) is 46.8 Å². The lowest BCUT2D eigenvalue weighted by molar-refractivity contribution is -0.116. The highest BCUT2D eigenvalue weighted by Gasteiger charge is 2.22. The summed E-state index contributed by atoms with van der Waals surface area (Å²) in [6.07, 6.45) is 0.992. The van der Waals surface area contributed by atoms with Crippen LogP contribution >= 0.6 is 0 Å². The molecule has 0 aliphatic heterocycles. The van der Waals surface area contributed by atoms with Gasteiger partial charge in [0.2, 0.25) is 0 Å². The normalized spacial score (nSPS) is 11.6. The van der Waals surface area contributed by atoms with Gasteiger partial charge in [0.05, 0.1) is 18.3 Å². The third kappa shape index (κ3) is 5.85. The smallest absolute Gasteiger partial charge is 0.307 e. The number of Topliss-reactive ketones (excluding diaryl/α,β-unsaturated/α-hetero) is 1. The number of carbonyl (C=O) groups excluding carboxylic acids is 2. The van der Waals surface area contributed by atoms with Crippen LogP contribution in [0.4, 0.5) is 10.5 Å². The van der Waals surface area contributed by atoms with Gasteiger partial charge in [-0.05, 0) is 42.9 Å². The lowest BCUT2D eigenvalue weighted by Gasteiger charge is -2.21. The highest BCUT2D eigenvalue weighted by atomic mass is 32.2. The van der Waals surface area contributed by atoms with Crippen LogP contribution in [-0.2, 0) is 21.2 Å². The number of hydrogen-bond acceptors (Lipinski definition) is 6. The summed E-state index contributed by atoms with van der Waals surface area (Å²) in [7, 11) is -4.19. The van der Waals surface area contributed by atoms with Gasteiger partial charge in [-0.2, -0.15) is 10.2 Å². The van der Waals surface area contributed by atoms with E-state index < -0.39 is 16.1 Å². The average Bonchev–Trinajstić information content (AvgIpc) is 2.61. The number of sulfonamides is 1. The standard InChI is InChI=1S/C21H28N4O4S/c1-12(2)18-7-14(5)8-19(13(3)4)20(18)23-21(27)25-30(28,29)17-10-16(9-15(6)26)24-22-11-17/h7-8,10-13H,9H2,1-6H3,(H2,23,25,27). The molecule has 0 radical (unpaired) electrons. The van der Waals surface area contributed by atoms with Crippen LogP contribution in [0.2, 0.25) is 0 Å². The molecule has 8 nitrogen and oxygen atoms in total. The highest BCUT2D eigenvalue weighted by molar-refractivity contribution is 7.90. The van der Waals surface area contributed by atoms with Crippen molar-refractivity contribution in [1.82, 2.24) is 14.9 Å². The van der Waals surface area contributed by atoms with Crippen molar-refractivity contribution < 1.29 is 18.0 Å². The van der Waals surface area contributed by atoms with Crippen molar-refractivity contribution in [2.24, 2.45) is 0 Å². The molecule has 1 aromatic heterocycles. The minimum absolute atomic E-state index is 0.0403. The van der Waals surface area contributed by atoms with Gasteiger partial charge in [-0.25, -0.2) is 17.9 Å². The minimum atomic E-state index is -4.19. The Hall–Kier alpha value is -2.81. The van der Waals surface area contributed by atoms with Crippen LogP contribution in [0, 0.1) is 6.92 Å². The average molecular weight is 433 g/mol. The summed E-state index contributed by atoms with van der Waals surface area (Å²) in [6, 6.07) is 4.34. The SMILES string of the molecule is CC(=O)Cc1cc(S(=O)(=O)NC(=O)Nc2c(C(C)C)cc(C)cc2C(C)C)cnn1. The van der Waals surface area contributed by atoms with Gasteiger partial charge in [-0.1, -0.05) is 45.4 Å². The molecule has 0 atom stereocenters. The van der Waals surface area contributed by atoms with E-state index >= 15 is 0 Å². The quantitative estimate of drug-likeness (QED) is 0.689. The Labute approximate surface area is 177 Å². The Kier molecular flexibility index (Phi) is 7.30. The van der Waals surface area contributed by atoms with Crippen LogP contribution in [0.5, 0.6) is 0 Å². The van der Waals surface area contributed by atoms with Crippen LogP contribution in [0.3, 0.4) is 0 Å². The summed E-state index contributed by atoms with van der Waals surface area (Å²) in [6.45, 7) is 11.4. The summed E-state index contributed by atoms with van der Waals surface area (Å²) in [5.41, 5.74) is 3.76. The molecule has 0 bridgehead atoms. The Bertz CT molecular complexity index is 1030. The van der Waals surface area contributed by atoms with Crippen molar-refractivity contribution in [2.75, 3.05) is 5.32 Å². The van der Waals surface area contributed by atoms with Crippen LogP contribution in [-0.4, -0.2) is 30.4 Å². The van der Waals surface area contributed by atoms with Gasteiger partial charge in [0.15, 0.2) is 0 Å². The maximum absolute atomic E-state index is 12.6. The number of nitrogens with one attached hydrogen (secondary N) is 2. The van der Waals surface area contributed by atoms with Crippen molar-refractivity contribution in [2.45, 2.75) is 64.7 Å². The number of nitrogens with zero attached hydrogens (tertiary/aromatic N) is 2. The Balaban J connectivity index is 2.32. The van der Waals surface area contributed by atoms with Crippen molar-refractivity contribution in [3.63, 3.8) is 0 Å². The molecule has 9 heteroatoms. The Morgan fingerprint density at radius 1 is 1.03 bits per heavy atom. The number of aryl methyl sites for hydroxylation is 1. The van der Waals surface area contributed by atoms with E-state index in [1.54, 1.807) is 0 Å². The number of benzene rings is 1. The van der Waals surface area contributed by atoms with Crippen LogP contribution in [0.25, 0.3) is 0 Å². The maximum atomic E-state index is 12.6. The molecule has 0 fully saturated rings. The van der Waals surface area contributed by atoms with Gasteiger partial charge >= 0.3 is 6.03 Å². The molecule has 162 valence electrons. The molecule has 1 aromatic carbocycles. The largest absolute Gasteiger partial charge is 0.333 e. The molecule has 2 rings (SSSR count). The molecular weight excluding hydrogens is 404 g/mol. The van der Waals surface area contributed by atoms with Gasteiger partial charge in [-0.3, -0.25) is 4.79 Å². The van der Waals surface area contributed by atoms with E-state index in [1.807, 2.05) is 51.5 Å². The molecule has 0 unspecified atom stereocenters. The highest BCUT2D eigenvalue weighted by Crippen LogP contribution is 2.33. The first-order chi connectivity index (χ1) is 13.9. The zero-order chi connectivity index (χ0) is 22.6. The van der Waals surface area contributed by atoms with Crippen molar-refractivity contribution in [1.29, 1.82) is 0 Å². The fourth-order valence-electron chi connectivity index (χ4n) is 3.10. The Morgan fingerprint density at radius 3 is 2.10 bits per heavy atom. The second-order valence-corrected chi connectivity index (χ2v) is 9.63. The van der Waals surface area contributed by atoms with Gasteiger partial charge < -0.3 is 5.32 Å². The molecule has 0 saturated carbocycles. The third-order valence-corrected chi connectivity index (χ3v) is 5.77. The molecule has 2 aromatic rings. The zero-order valence-corrected chi connectivity index (χ0v) is 18.9. The van der Waals surface area contributed by atoms with E-state index in [9.17, 15) is 18.0 Å². The van der Waals surface area contributed by atoms with E-state index in [2.05, 4.69) is 15.5 Å². The second kappa shape index (κ2) is 9.34. The number of aromatic nitrogens is 2. The van der Waals surface area contributed by atoms with E-state index in [0.29, 0.717) is 5.69 Å². The number of urea groups is 1. The fraction of sp³-hybridized carbons (Fsp3) is 0.429. The first kappa shape index (κ1) is 23.5. The second-order valence-electron chi connectivity index (χ2n) is 7.95. The number of carbonyl (C=O) groups is 2. The summed E-state index contributed by atoms with van der Waals surface area (Å²) in [5, 5.41) is 10.1. The van der Waals surface area contributed by atoms with Gasteiger partial charge in [0.25, 0.3) is 10.0 Å². The lowest BCUT2D eigenvalue weighted by atomic mass is 9.90. The number of rotatable bonds is 7. The fourth-order valence-corrected chi connectivity index (χ4v) is 3.99. The predicted octanol–water partition coefficient (Wildman–Crippen LogP) is 3.67. The zero-order valence-electron chi connectivity index (χ0n) is 18.1. The van der Waals surface area contributed by atoms with Gasteiger partial charge in [-0.15, -0.1) is 0 Å². The molecule has 0 spiro atoms. The third-order valence-electron chi connectivity index (χ3n) is 4.47. The number of amides is 2. The summed E-state index contributed by atoms with van der Waals surface area (Å²) < 4.78 is 27.3. The summed E-state index contributed by atoms with van der Waals surface area (Å²) in [5.74, 6) is 0.0899. The van der Waals surface area contributed by atoms with E-state index in [-0.39, 0.29) is 34.6 Å². The number of hydrogen-bond donors (Lipinski definition) is 2. The van der Waals surface area contributed by atoms with Crippen molar-refractivity contribution >= 4 is 27.5 Å². The van der Waals surface area contributed by atoms with Crippen molar-refractivity contribution in [3.8, 4) is 0 Å². The molecule has 0 saturated heterocycles. The maximum Gasteiger partial charge on any atom is 0.333 e. The van der Waals surface area contributed by atoms with E-state index in [1.165, 1.54) is 13.0 Å². The molecule has 30 heavy (non-hydrogen) atoms. The Morgan fingerprint density at radius 2 is 1.60 bits per heavy atom. The first-order valence-corrected chi connectivity index (χ1v) is 11.2. The molecule has 1 heterocycles. The molecule has 2 N–H and O–H groups in total. The summed E-state index contributed by atoms with van der Waals surface area (Å²) in [4.78, 5) is 23.6.